The normalized spacial score (nSPS) is 15.5. The Morgan fingerprint density at radius 2 is 1.90 bits per heavy atom. The quantitative estimate of drug-likeness (QED) is 0.550. The summed E-state index contributed by atoms with van der Waals surface area (Å²) in [7, 11) is 1.61. The van der Waals surface area contributed by atoms with Gasteiger partial charge in [0.1, 0.15) is 5.69 Å². The molecule has 0 saturated carbocycles. The third-order valence-corrected chi connectivity index (χ3v) is 5.06. The fourth-order valence-corrected chi connectivity index (χ4v) is 3.35. The highest BCUT2D eigenvalue weighted by atomic mass is 16.6. The zero-order valence-electron chi connectivity index (χ0n) is 16.7. The van der Waals surface area contributed by atoms with Crippen LogP contribution in [0.2, 0.25) is 0 Å². The lowest BCUT2D eigenvalue weighted by Crippen LogP contribution is -2.43. The summed E-state index contributed by atoms with van der Waals surface area (Å²) in [6, 6.07) is 12.3. The Hall–Kier alpha value is -2.97. The number of anilines is 1. The van der Waals surface area contributed by atoms with Crippen LogP contribution in [-0.2, 0) is 4.74 Å². The molecule has 1 atom stereocenters. The first-order chi connectivity index (χ1) is 14.0. The molecule has 1 fully saturated rings. The van der Waals surface area contributed by atoms with Crippen molar-refractivity contribution < 1.29 is 14.5 Å². The van der Waals surface area contributed by atoms with Crippen LogP contribution in [0.25, 0.3) is 0 Å². The largest absolute Gasteiger partial charge is 0.383 e. The molecule has 1 aliphatic heterocycles. The molecule has 8 heteroatoms. The molecule has 1 saturated heterocycles. The topological polar surface area (TPSA) is 96.7 Å². The van der Waals surface area contributed by atoms with Crippen molar-refractivity contribution in [1.82, 2.24) is 10.2 Å². The number of carbonyl (C=O) groups is 1. The Bertz CT molecular complexity index is 863. The van der Waals surface area contributed by atoms with Gasteiger partial charge >= 0.3 is 0 Å². The summed E-state index contributed by atoms with van der Waals surface area (Å²) in [4.78, 5) is 26.0. The first kappa shape index (κ1) is 20.8. The molecule has 0 aromatic heterocycles. The third-order valence-electron chi connectivity index (χ3n) is 5.06. The second kappa shape index (κ2) is 9.49. The Morgan fingerprint density at radius 3 is 2.52 bits per heavy atom. The van der Waals surface area contributed by atoms with Crippen molar-refractivity contribution in [1.29, 1.82) is 0 Å². The van der Waals surface area contributed by atoms with Gasteiger partial charge < -0.3 is 15.4 Å². The number of nitro benzene ring substituents is 1. The van der Waals surface area contributed by atoms with Crippen molar-refractivity contribution in [3.8, 4) is 0 Å². The standard InChI is InChI=1S/C21H26N4O4/c1-15-3-5-16(6-4-15)19(14-24-9-11-29-12-10-24)23-21(26)17-7-8-18(22-2)20(13-17)25(27)28/h3-8,13,19,22H,9-12,14H2,1-2H3,(H,23,26)/t19-/m0/s1. The molecule has 0 radical (unpaired) electrons. The van der Waals surface area contributed by atoms with E-state index in [1.54, 1.807) is 19.2 Å². The molecule has 2 aromatic carbocycles. The molecule has 3 rings (SSSR count). The molecular weight excluding hydrogens is 372 g/mol. The van der Waals surface area contributed by atoms with Crippen molar-refractivity contribution >= 4 is 17.3 Å². The van der Waals surface area contributed by atoms with Gasteiger partial charge in [0.2, 0.25) is 0 Å². The van der Waals surface area contributed by atoms with Gasteiger partial charge in [-0.25, -0.2) is 0 Å². The molecule has 154 valence electrons. The molecule has 1 heterocycles. The van der Waals surface area contributed by atoms with Crippen LogP contribution in [0.1, 0.15) is 27.5 Å². The lowest BCUT2D eigenvalue weighted by Gasteiger charge is -2.31. The van der Waals surface area contributed by atoms with E-state index in [9.17, 15) is 14.9 Å². The van der Waals surface area contributed by atoms with Crippen LogP contribution in [-0.4, -0.2) is 55.6 Å². The molecule has 29 heavy (non-hydrogen) atoms. The van der Waals surface area contributed by atoms with E-state index in [0.29, 0.717) is 25.4 Å². The average Bonchev–Trinajstić information content (AvgIpc) is 2.74. The predicted molar refractivity (Wildman–Crippen MR) is 111 cm³/mol. The zero-order chi connectivity index (χ0) is 20.8. The van der Waals surface area contributed by atoms with Gasteiger partial charge in [-0.3, -0.25) is 19.8 Å². The number of rotatable bonds is 7. The highest BCUT2D eigenvalue weighted by molar-refractivity contribution is 5.96. The Kier molecular flexibility index (Phi) is 6.79. The van der Waals surface area contributed by atoms with Crippen LogP contribution in [0.4, 0.5) is 11.4 Å². The van der Waals surface area contributed by atoms with E-state index in [4.69, 9.17) is 4.74 Å². The third kappa shape index (κ3) is 5.30. The van der Waals surface area contributed by atoms with Crippen molar-refractivity contribution in [3.05, 3.63) is 69.3 Å². The minimum absolute atomic E-state index is 0.125. The van der Waals surface area contributed by atoms with E-state index in [0.717, 1.165) is 24.2 Å². The number of amides is 1. The van der Waals surface area contributed by atoms with Gasteiger partial charge in [-0.05, 0) is 24.6 Å². The Balaban J connectivity index is 1.82. The fourth-order valence-electron chi connectivity index (χ4n) is 3.35. The smallest absolute Gasteiger partial charge is 0.293 e. The maximum absolute atomic E-state index is 12.9. The number of carbonyl (C=O) groups excluding carboxylic acids is 1. The molecule has 0 aliphatic carbocycles. The summed E-state index contributed by atoms with van der Waals surface area (Å²) in [6.07, 6.45) is 0. The summed E-state index contributed by atoms with van der Waals surface area (Å²) >= 11 is 0. The van der Waals surface area contributed by atoms with Crippen LogP contribution in [0.3, 0.4) is 0 Å². The van der Waals surface area contributed by atoms with Crippen molar-refractivity contribution in [3.63, 3.8) is 0 Å². The summed E-state index contributed by atoms with van der Waals surface area (Å²) in [5.41, 5.74) is 2.64. The number of nitrogens with one attached hydrogen (secondary N) is 2. The van der Waals surface area contributed by atoms with E-state index >= 15 is 0 Å². The highest BCUT2D eigenvalue weighted by Gasteiger charge is 2.22. The van der Waals surface area contributed by atoms with Crippen molar-refractivity contribution in [2.24, 2.45) is 0 Å². The second-order valence-corrected chi connectivity index (χ2v) is 7.09. The average molecular weight is 398 g/mol. The molecule has 2 N–H and O–H groups in total. The van der Waals surface area contributed by atoms with Gasteiger partial charge in [0, 0.05) is 38.3 Å². The van der Waals surface area contributed by atoms with E-state index < -0.39 is 4.92 Å². The molecule has 2 aromatic rings. The first-order valence-electron chi connectivity index (χ1n) is 9.61. The Morgan fingerprint density at radius 1 is 1.21 bits per heavy atom. The molecule has 0 spiro atoms. The van der Waals surface area contributed by atoms with Crippen LogP contribution >= 0.6 is 0 Å². The molecular formula is C21H26N4O4. The molecule has 0 bridgehead atoms. The van der Waals surface area contributed by atoms with Gasteiger partial charge in [-0.2, -0.15) is 0 Å². The number of morpholine rings is 1. The number of benzene rings is 2. The molecule has 1 aliphatic rings. The minimum atomic E-state index is -0.492. The van der Waals surface area contributed by atoms with Gasteiger partial charge in [0.25, 0.3) is 11.6 Å². The minimum Gasteiger partial charge on any atom is -0.383 e. The number of nitrogens with zero attached hydrogens (tertiary/aromatic N) is 2. The van der Waals surface area contributed by atoms with E-state index in [1.807, 2.05) is 31.2 Å². The SMILES string of the molecule is CNc1ccc(C(=O)N[C@@H](CN2CCOCC2)c2ccc(C)cc2)cc1[N+](=O)[O-]. The molecule has 8 nitrogen and oxygen atoms in total. The zero-order valence-corrected chi connectivity index (χ0v) is 16.7. The number of aryl methyl sites for hydroxylation is 1. The number of hydrogen-bond acceptors (Lipinski definition) is 6. The number of ether oxygens (including phenoxy) is 1. The summed E-state index contributed by atoms with van der Waals surface area (Å²) in [5.74, 6) is -0.338. The van der Waals surface area contributed by atoms with Crippen molar-refractivity contribution in [2.45, 2.75) is 13.0 Å². The molecule has 0 unspecified atom stereocenters. The second-order valence-electron chi connectivity index (χ2n) is 7.09. The van der Waals surface area contributed by atoms with Crippen LogP contribution in [0.5, 0.6) is 0 Å². The van der Waals surface area contributed by atoms with E-state index in [2.05, 4.69) is 15.5 Å². The van der Waals surface area contributed by atoms with Crippen LogP contribution in [0, 0.1) is 17.0 Å². The molecule has 1 amide bonds. The van der Waals surface area contributed by atoms with Crippen molar-refractivity contribution in [2.75, 3.05) is 45.2 Å². The predicted octanol–water partition coefficient (Wildman–Crippen LogP) is 2.75. The van der Waals surface area contributed by atoms with E-state index in [1.165, 1.54) is 6.07 Å². The summed E-state index contributed by atoms with van der Waals surface area (Å²) in [6.45, 7) is 5.62. The fraction of sp³-hybridized carbons (Fsp3) is 0.381. The lowest BCUT2D eigenvalue weighted by molar-refractivity contribution is -0.384. The number of nitro groups is 1. The maximum atomic E-state index is 12.9. The summed E-state index contributed by atoms with van der Waals surface area (Å²) in [5, 5.41) is 17.1. The van der Waals surface area contributed by atoms with Crippen LogP contribution in [0.15, 0.2) is 42.5 Å². The first-order valence-corrected chi connectivity index (χ1v) is 9.61. The van der Waals surface area contributed by atoms with Gasteiger partial charge in [0.15, 0.2) is 0 Å². The lowest BCUT2D eigenvalue weighted by atomic mass is 10.0. The van der Waals surface area contributed by atoms with Gasteiger partial charge in [0.05, 0.1) is 24.2 Å². The van der Waals surface area contributed by atoms with Gasteiger partial charge in [-0.15, -0.1) is 0 Å². The number of hydrogen-bond donors (Lipinski definition) is 2. The van der Waals surface area contributed by atoms with E-state index in [-0.39, 0.29) is 23.2 Å². The summed E-state index contributed by atoms with van der Waals surface area (Å²) < 4.78 is 5.41. The highest BCUT2D eigenvalue weighted by Crippen LogP contribution is 2.25. The Labute approximate surface area is 170 Å². The van der Waals surface area contributed by atoms with Crippen LogP contribution < -0.4 is 10.6 Å². The monoisotopic (exact) mass is 398 g/mol. The van der Waals surface area contributed by atoms with Gasteiger partial charge in [-0.1, -0.05) is 29.8 Å². The maximum Gasteiger partial charge on any atom is 0.293 e.